The zero-order valence-corrected chi connectivity index (χ0v) is 5.19. The summed E-state index contributed by atoms with van der Waals surface area (Å²) in [6.07, 6.45) is 1.92. The molecule has 4 heteroatoms. The van der Waals surface area contributed by atoms with Gasteiger partial charge in [-0.2, -0.15) is 8.42 Å². The van der Waals surface area contributed by atoms with Crippen LogP contribution in [0.15, 0.2) is 0 Å². The summed E-state index contributed by atoms with van der Waals surface area (Å²) in [7, 11) is -3.66. The lowest BCUT2D eigenvalue weighted by atomic mass is 10.5. The molecule has 0 spiro atoms. The second-order valence-electron chi connectivity index (χ2n) is 2.19. The number of hydrogen-bond acceptors (Lipinski definition) is 2. The summed E-state index contributed by atoms with van der Waals surface area (Å²) in [6, 6.07) is 0. The van der Waals surface area contributed by atoms with E-state index in [1.54, 1.807) is 0 Å². The molecular formula is C4H8O3S. The standard InChI is InChI=1S/C4H8O3S/c5-8(6,7)3-4-1-2-4/h4H,1-3H2,(H,5,6,7). The average molecular weight is 136 g/mol. The predicted molar refractivity (Wildman–Crippen MR) is 29.1 cm³/mol. The maximum absolute atomic E-state index is 10.0. The van der Waals surface area contributed by atoms with Gasteiger partial charge in [0.05, 0.1) is 5.75 Å². The van der Waals surface area contributed by atoms with Gasteiger partial charge >= 0.3 is 0 Å². The predicted octanol–water partition coefficient (Wildman–Crippen LogP) is 0.284. The van der Waals surface area contributed by atoms with Crippen molar-refractivity contribution in [1.82, 2.24) is 0 Å². The molecular weight excluding hydrogens is 128 g/mol. The Morgan fingerprint density at radius 1 is 1.50 bits per heavy atom. The van der Waals surface area contributed by atoms with Gasteiger partial charge in [0.2, 0.25) is 0 Å². The fraction of sp³-hybridized carbons (Fsp3) is 1.00. The van der Waals surface area contributed by atoms with Crippen LogP contribution in [0.1, 0.15) is 12.8 Å². The van der Waals surface area contributed by atoms with Crippen molar-refractivity contribution < 1.29 is 13.0 Å². The highest BCUT2D eigenvalue weighted by atomic mass is 32.2. The van der Waals surface area contributed by atoms with E-state index < -0.39 is 10.1 Å². The molecule has 0 saturated heterocycles. The summed E-state index contributed by atoms with van der Waals surface area (Å²) in [4.78, 5) is 0. The molecule has 1 aliphatic carbocycles. The van der Waals surface area contributed by atoms with Crippen LogP contribution < -0.4 is 0 Å². The molecule has 0 atom stereocenters. The SMILES string of the molecule is O=S(=O)(O)CC1CC1. The molecule has 1 N–H and O–H groups in total. The Bertz CT molecular complexity index is 166. The molecule has 0 aliphatic heterocycles. The van der Waals surface area contributed by atoms with Crippen LogP contribution in [0.25, 0.3) is 0 Å². The molecule has 1 rings (SSSR count). The van der Waals surface area contributed by atoms with Crippen LogP contribution in [0, 0.1) is 5.92 Å². The van der Waals surface area contributed by atoms with Gasteiger partial charge in [-0.1, -0.05) is 0 Å². The third kappa shape index (κ3) is 2.28. The Morgan fingerprint density at radius 3 is 2.12 bits per heavy atom. The van der Waals surface area contributed by atoms with Gasteiger partial charge in [-0.25, -0.2) is 0 Å². The van der Waals surface area contributed by atoms with Gasteiger partial charge in [0, 0.05) is 0 Å². The van der Waals surface area contributed by atoms with E-state index in [-0.39, 0.29) is 11.7 Å². The van der Waals surface area contributed by atoms with Crippen LogP contribution >= 0.6 is 0 Å². The van der Waals surface area contributed by atoms with Gasteiger partial charge in [0.15, 0.2) is 0 Å². The van der Waals surface area contributed by atoms with Crippen LogP contribution in [0.4, 0.5) is 0 Å². The molecule has 1 saturated carbocycles. The van der Waals surface area contributed by atoms with E-state index >= 15 is 0 Å². The summed E-state index contributed by atoms with van der Waals surface area (Å²) in [5, 5.41) is 0. The van der Waals surface area contributed by atoms with E-state index in [0.29, 0.717) is 0 Å². The molecule has 0 bridgehead atoms. The first-order chi connectivity index (χ1) is 3.58. The number of rotatable bonds is 2. The third-order valence-corrected chi connectivity index (χ3v) is 2.04. The zero-order valence-electron chi connectivity index (χ0n) is 4.37. The Labute approximate surface area is 48.5 Å². The molecule has 1 fully saturated rings. The van der Waals surface area contributed by atoms with Crippen LogP contribution in [0.5, 0.6) is 0 Å². The van der Waals surface area contributed by atoms with Gasteiger partial charge in [0.1, 0.15) is 0 Å². The van der Waals surface area contributed by atoms with Gasteiger partial charge in [-0.15, -0.1) is 0 Å². The van der Waals surface area contributed by atoms with Crippen molar-refractivity contribution in [3.05, 3.63) is 0 Å². The Kier molecular flexibility index (Phi) is 1.28. The van der Waals surface area contributed by atoms with Gasteiger partial charge in [-0.05, 0) is 18.8 Å². The lowest BCUT2D eigenvalue weighted by molar-refractivity contribution is 0.480. The summed E-state index contributed by atoms with van der Waals surface area (Å²) >= 11 is 0. The maximum atomic E-state index is 10.0. The van der Waals surface area contributed by atoms with Crippen molar-refractivity contribution in [2.75, 3.05) is 5.75 Å². The van der Waals surface area contributed by atoms with Gasteiger partial charge in [0.25, 0.3) is 10.1 Å². The van der Waals surface area contributed by atoms with E-state index in [1.807, 2.05) is 0 Å². The molecule has 0 unspecified atom stereocenters. The highest BCUT2D eigenvalue weighted by Crippen LogP contribution is 2.29. The Morgan fingerprint density at radius 2 is 2.00 bits per heavy atom. The van der Waals surface area contributed by atoms with Crippen molar-refractivity contribution in [3.8, 4) is 0 Å². The van der Waals surface area contributed by atoms with Crippen molar-refractivity contribution in [2.45, 2.75) is 12.8 Å². The maximum Gasteiger partial charge on any atom is 0.265 e. The summed E-state index contributed by atoms with van der Waals surface area (Å²) in [6.45, 7) is 0. The largest absolute Gasteiger partial charge is 0.286 e. The molecule has 8 heavy (non-hydrogen) atoms. The molecule has 0 heterocycles. The van der Waals surface area contributed by atoms with Crippen LogP contribution in [0.2, 0.25) is 0 Å². The van der Waals surface area contributed by atoms with Crippen molar-refractivity contribution in [1.29, 1.82) is 0 Å². The second-order valence-corrected chi connectivity index (χ2v) is 3.69. The highest BCUT2D eigenvalue weighted by molar-refractivity contribution is 7.85. The van der Waals surface area contributed by atoms with E-state index in [9.17, 15) is 8.42 Å². The van der Waals surface area contributed by atoms with E-state index in [0.717, 1.165) is 12.8 Å². The third-order valence-electron chi connectivity index (χ3n) is 1.14. The van der Waals surface area contributed by atoms with Crippen molar-refractivity contribution in [2.24, 2.45) is 5.92 Å². The fourth-order valence-corrected chi connectivity index (χ4v) is 1.51. The molecule has 0 aromatic rings. The zero-order chi connectivity index (χ0) is 6.20. The quantitative estimate of drug-likeness (QED) is 0.555. The first-order valence-corrected chi connectivity index (χ1v) is 4.14. The fourth-order valence-electron chi connectivity index (χ4n) is 0.582. The first kappa shape index (κ1) is 6.04. The first-order valence-electron chi connectivity index (χ1n) is 2.53. The normalized spacial score (nSPS) is 21.1. The number of hydrogen-bond donors (Lipinski definition) is 1. The molecule has 0 aromatic heterocycles. The van der Waals surface area contributed by atoms with E-state index in [1.165, 1.54) is 0 Å². The summed E-state index contributed by atoms with van der Waals surface area (Å²) in [5.74, 6) is 0.220. The van der Waals surface area contributed by atoms with Crippen LogP contribution in [0.3, 0.4) is 0 Å². The Balaban J connectivity index is 2.38. The van der Waals surface area contributed by atoms with Crippen LogP contribution in [-0.4, -0.2) is 18.7 Å². The molecule has 1 aliphatic rings. The minimum Gasteiger partial charge on any atom is -0.286 e. The summed E-state index contributed by atoms with van der Waals surface area (Å²) in [5.41, 5.74) is 0. The van der Waals surface area contributed by atoms with E-state index in [2.05, 4.69) is 0 Å². The molecule has 0 aromatic carbocycles. The van der Waals surface area contributed by atoms with Crippen molar-refractivity contribution in [3.63, 3.8) is 0 Å². The second kappa shape index (κ2) is 1.70. The van der Waals surface area contributed by atoms with Crippen LogP contribution in [-0.2, 0) is 10.1 Å². The lowest BCUT2D eigenvalue weighted by Gasteiger charge is -1.88. The Hall–Kier alpha value is -0.0900. The minimum absolute atomic E-state index is 0.0347. The van der Waals surface area contributed by atoms with E-state index in [4.69, 9.17) is 4.55 Å². The molecule has 0 amide bonds. The topological polar surface area (TPSA) is 54.4 Å². The van der Waals surface area contributed by atoms with Gasteiger partial charge < -0.3 is 0 Å². The molecule has 3 nitrogen and oxygen atoms in total. The lowest BCUT2D eigenvalue weighted by Crippen LogP contribution is -2.04. The van der Waals surface area contributed by atoms with Crippen molar-refractivity contribution >= 4 is 10.1 Å². The summed E-state index contributed by atoms with van der Waals surface area (Å²) < 4.78 is 28.3. The molecule has 48 valence electrons. The average Bonchev–Trinajstić information content (AvgIpc) is 2.12. The van der Waals surface area contributed by atoms with Gasteiger partial charge in [-0.3, -0.25) is 4.55 Å². The minimum atomic E-state index is -3.66. The smallest absolute Gasteiger partial charge is 0.265 e. The monoisotopic (exact) mass is 136 g/mol. The molecule has 0 radical (unpaired) electrons. The highest BCUT2D eigenvalue weighted by Gasteiger charge is 2.26.